The van der Waals surface area contributed by atoms with E-state index < -0.39 is 0 Å². The third-order valence-corrected chi connectivity index (χ3v) is 5.89. The van der Waals surface area contributed by atoms with E-state index in [1.54, 1.807) is 0 Å². The number of ether oxygens (including phenoxy) is 1. The number of rotatable bonds is 6. The third-order valence-electron chi connectivity index (χ3n) is 5.89. The Balaban J connectivity index is 1.50. The summed E-state index contributed by atoms with van der Waals surface area (Å²) >= 11 is 0. The van der Waals surface area contributed by atoms with Crippen LogP contribution in [-0.4, -0.2) is 49.7 Å². The average molecular weight is 308 g/mol. The highest BCUT2D eigenvalue weighted by atomic mass is 16.5. The summed E-state index contributed by atoms with van der Waals surface area (Å²) < 4.78 is 5.47. The lowest BCUT2D eigenvalue weighted by atomic mass is 9.88. The van der Waals surface area contributed by atoms with Gasteiger partial charge in [0, 0.05) is 31.6 Å². The molecular formula is C18H32N2O2. The van der Waals surface area contributed by atoms with Gasteiger partial charge in [0.1, 0.15) is 0 Å². The van der Waals surface area contributed by atoms with Crippen LogP contribution in [0.4, 0.5) is 0 Å². The molecule has 0 aromatic heterocycles. The lowest BCUT2D eigenvalue weighted by Crippen LogP contribution is -2.50. The number of fused-ring (bicyclic) bond motifs is 2. The number of hydrogen-bond donors (Lipinski definition) is 1. The van der Waals surface area contributed by atoms with Crippen molar-refractivity contribution in [3.05, 3.63) is 0 Å². The number of amides is 1. The topological polar surface area (TPSA) is 41.6 Å². The first kappa shape index (κ1) is 16.3. The predicted octanol–water partition coefficient (Wildman–Crippen LogP) is 2.29. The molecule has 0 aromatic rings. The van der Waals surface area contributed by atoms with Crippen LogP contribution in [0.25, 0.3) is 0 Å². The first-order valence-electron chi connectivity index (χ1n) is 9.23. The first-order valence-corrected chi connectivity index (χ1v) is 9.23. The Kier molecular flexibility index (Phi) is 5.40. The number of carbonyl (C=O) groups is 1. The Bertz CT molecular complexity index is 379. The van der Waals surface area contributed by atoms with Crippen molar-refractivity contribution < 1.29 is 9.53 Å². The zero-order valence-electron chi connectivity index (χ0n) is 14.2. The quantitative estimate of drug-likeness (QED) is 0.818. The standard InChI is InChI=1S/C18H32N2O2/c1-13(2)9-16(20-5-7-22-8-6-20)12-19-18(21)17-11-14-3-4-15(17)10-14/h13-17H,3-12H2,1-2H3,(H,19,21). The van der Waals surface area contributed by atoms with Gasteiger partial charge in [-0.2, -0.15) is 0 Å². The minimum absolute atomic E-state index is 0.308. The molecule has 1 N–H and O–H groups in total. The highest BCUT2D eigenvalue weighted by molar-refractivity contribution is 5.79. The largest absolute Gasteiger partial charge is 0.379 e. The third kappa shape index (κ3) is 3.83. The van der Waals surface area contributed by atoms with Crippen LogP contribution in [0.5, 0.6) is 0 Å². The number of nitrogens with zero attached hydrogens (tertiary/aromatic N) is 1. The highest BCUT2D eigenvalue weighted by Gasteiger charge is 2.43. The summed E-state index contributed by atoms with van der Waals surface area (Å²) in [4.78, 5) is 15.1. The molecule has 3 rings (SSSR count). The SMILES string of the molecule is CC(C)CC(CNC(=O)C1CC2CCC1C2)N1CCOCC1. The van der Waals surface area contributed by atoms with Gasteiger partial charge in [-0.05, 0) is 43.4 Å². The Hall–Kier alpha value is -0.610. The van der Waals surface area contributed by atoms with Crippen LogP contribution in [0.1, 0.15) is 46.0 Å². The van der Waals surface area contributed by atoms with Crippen molar-refractivity contribution in [2.24, 2.45) is 23.7 Å². The predicted molar refractivity (Wildman–Crippen MR) is 87.6 cm³/mol. The van der Waals surface area contributed by atoms with E-state index in [1.165, 1.54) is 19.3 Å². The molecule has 2 saturated carbocycles. The minimum atomic E-state index is 0.308. The second-order valence-electron chi connectivity index (χ2n) is 7.96. The van der Waals surface area contributed by atoms with Gasteiger partial charge >= 0.3 is 0 Å². The fourth-order valence-electron chi connectivity index (χ4n) is 4.76. The molecule has 2 bridgehead atoms. The molecule has 0 radical (unpaired) electrons. The van der Waals surface area contributed by atoms with Gasteiger partial charge in [-0.25, -0.2) is 0 Å². The summed E-state index contributed by atoms with van der Waals surface area (Å²) in [6.45, 7) is 9.01. The lowest BCUT2D eigenvalue weighted by molar-refractivity contribution is -0.126. The van der Waals surface area contributed by atoms with E-state index in [4.69, 9.17) is 4.74 Å². The number of nitrogens with one attached hydrogen (secondary N) is 1. The van der Waals surface area contributed by atoms with Crippen LogP contribution < -0.4 is 5.32 Å². The molecule has 4 unspecified atom stereocenters. The second kappa shape index (κ2) is 7.31. The summed E-state index contributed by atoms with van der Waals surface area (Å²) in [5.41, 5.74) is 0. The molecule has 1 amide bonds. The van der Waals surface area contributed by atoms with Crippen LogP contribution >= 0.6 is 0 Å². The molecule has 0 spiro atoms. The summed E-state index contributed by atoms with van der Waals surface area (Å²) in [6.07, 6.45) is 6.23. The molecule has 4 heteroatoms. The molecule has 0 aromatic carbocycles. The maximum Gasteiger partial charge on any atom is 0.223 e. The smallest absolute Gasteiger partial charge is 0.223 e. The summed E-state index contributed by atoms with van der Waals surface area (Å²) in [5, 5.41) is 3.29. The zero-order chi connectivity index (χ0) is 15.5. The first-order chi connectivity index (χ1) is 10.6. The molecule has 3 fully saturated rings. The van der Waals surface area contributed by atoms with Gasteiger partial charge in [-0.3, -0.25) is 9.69 Å². The number of carbonyl (C=O) groups excluding carboxylic acids is 1. The molecule has 1 heterocycles. The van der Waals surface area contributed by atoms with Crippen molar-refractivity contribution in [3.63, 3.8) is 0 Å². The van der Waals surface area contributed by atoms with Crippen LogP contribution in [0.15, 0.2) is 0 Å². The second-order valence-corrected chi connectivity index (χ2v) is 7.96. The highest BCUT2D eigenvalue weighted by Crippen LogP contribution is 2.48. The Morgan fingerprint density at radius 1 is 1.23 bits per heavy atom. The van der Waals surface area contributed by atoms with Crippen molar-refractivity contribution in [1.82, 2.24) is 10.2 Å². The van der Waals surface area contributed by atoms with Crippen molar-refractivity contribution in [3.8, 4) is 0 Å². The molecule has 1 saturated heterocycles. The van der Waals surface area contributed by atoms with E-state index in [0.29, 0.717) is 29.7 Å². The van der Waals surface area contributed by atoms with E-state index >= 15 is 0 Å². The molecule has 126 valence electrons. The van der Waals surface area contributed by atoms with Crippen LogP contribution in [0.2, 0.25) is 0 Å². The molecule has 3 aliphatic rings. The summed E-state index contributed by atoms with van der Waals surface area (Å²) in [5.74, 6) is 2.81. The van der Waals surface area contributed by atoms with Gasteiger partial charge in [-0.15, -0.1) is 0 Å². The maximum absolute atomic E-state index is 12.6. The molecular weight excluding hydrogens is 276 g/mol. The van der Waals surface area contributed by atoms with E-state index in [9.17, 15) is 4.79 Å². The lowest BCUT2D eigenvalue weighted by Gasteiger charge is -2.36. The normalized spacial score (nSPS) is 33.3. The van der Waals surface area contributed by atoms with Gasteiger partial charge in [0.25, 0.3) is 0 Å². The monoisotopic (exact) mass is 308 g/mol. The fourth-order valence-corrected chi connectivity index (χ4v) is 4.76. The van der Waals surface area contributed by atoms with Crippen molar-refractivity contribution in [1.29, 1.82) is 0 Å². The molecule has 4 atom stereocenters. The summed E-state index contributed by atoms with van der Waals surface area (Å²) in [6, 6.07) is 0.464. The number of hydrogen-bond acceptors (Lipinski definition) is 3. The van der Waals surface area contributed by atoms with Gasteiger partial charge < -0.3 is 10.1 Å². The van der Waals surface area contributed by atoms with Crippen molar-refractivity contribution >= 4 is 5.91 Å². The van der Waals surface area contributed by atoms with E-state index in [1.807, 2.05) is 0 Å². The Morgan fingerprint density at radius 2 is 2.00 bits per heavy atom. The molecule has 22 heavy (non-hydrogen) atoms. The maximum atomic E-state index is 12.6. The van der Waals surface area contributed by atoms with E-state index in [2.05, 4.69) is 24.1 Å². The molecule has 4 nitrogen and oxygen atoms in total. The van der Waals surface area contributed by atoms with Gasteiger partial charge in [0.05, 0.1) is 13.2 Å². The van der Waals surface area contributed by atoms with E-state index in [-0.39, 0.29) is 0 Å². The van der Waals surface area contributed by atoms with Crippen molar-refractivity contribution in [2.75, 3.05) is 32.8 Å². The van der Waals surface area contributed by atoms with E-state index in [0.717, 1.165) is 51.6 Å². The fraction of sp³-hybridized carbons (Fsp3) is 0.944. The van der Waals surface area contributed by atoms with Crippen LogP contribution in [-0.2, 0) is 9.53 Å². The zero-order valence-corrected chi connectivity index (χ0v) is 14.2. The minimum Gasteiger partial charge on any atom is -0.379 e. The van der Waals surface area contributed by atoms with Gasteiger partial charge in [0.15, 0.2) is 0 Å². The Morgan fingerprint density at radius 3 is 2.59 bits per heavy atom. The van der Waals surface area contributed by atoms with Crippen LogP contribution in [0.3, 0.4) is 0 Å². The van der Waals surface area contributed by atoms with Gasteiger partial charge in [-0.1, -0.05) is 20.3 Å². The molecule has 2 aliphatic carbocycles. The van der Waals surface area contributed by atoms with Crippen LogP contribution in [0, 0.1) is 23.7 Å². The Labute approximate surface area is 135 Å². The average Bonchev–Trinajstić information content (AvgIpc) is 3.14. The van der Waals surface area contributed by atoms with Gasteiger partial charge in [0.2, 0.25) is 5.91 Å². The number of morpholine rings is 1. The molecule has 1 aliphatic heterocycles. The summed E-state index contributed by atoms with van der Waals surface area (Å²) in [7, 11) is 0. The van der Waals surface area contributed by atoms with Crippen molar-refractivity contribution in [2.45, 2.75) is 52.0 Å².